The fraction of sp³-hybridized carbons (Fsp3) is 0.500. The summed E-state index contributed by atoms with van der Waals surface area (Å²) in [6.07, 6.45) is 4.77. The second-order valence-corrected chi connectivity index (χ2v) is 5.79. The summed E-state index contributed by atoms with van der Waals surface area (Å²) in [5, 5.41) is 6.39. The van der Waals surface area contributed by atoms with Crippen molar-refractivity contribution >= 4 is 41.8 Å². The molecule has 0 aromatic heterocycles. The van der Waals surface area contributed by atoms with Crippen LogP contribution in [-0.4, -0.2) is 49.4 Å². The fourth-order valence-corrected chi connectivity index (χ4v) is 2.71. The van der Waals surface area contributed by atoms with E-state index in [4.69, 9.17) is 0 Å². The standard InChI is InChI=1S/C18H26N4O2.HI/c1-3-4-5-8-11-20-18(19-2)21-12-13-22-16(23)14-9-6-7-10-15(14)17(22)24;/h6-7,9-10H,3-5,8,11-13H2,1-2H3,(H2,19,20,21);1H. The summed E-state index contributed by atoms with van der Waals surface area (Å²) in [6.45, 7) is 3.85. The predicted octanol–water partition coefficient (Wildman–Crippen LogP) is 2.65. The van der Waals surface area contributed by atoms with Gasteiger partial charge in [0.2, 0.25) is 0 Å². The van der Waals surface area contributed by atoms with Gasteiger partial charge in [-0.3, -0.25) is 19.5 Å². The molecule has 1 aromatic rings. The van der Waals surface area contributed by atoms with Crippen molar-refractivity contribution in [2.24, 2.45) is 4.99 Å². The van der Waals surface area contributed by atoms with Crippen LogP contribution < -0.4 is 10.6 Å². The molecule has 1 aliphatic rings. The minimum atomic E-state index is -0.222. The second-order valence-electron chi connectivity index (χ2n) is 5.79. The molecule has 138 valence electrons. The van der Waals surface area contributed by atoms with Crippen molar-refractivity contribution in [1.29, 1.82) is 0 Å². The van der Waals surface area contributed by atoms with Crippen LogP contribution in [0.3, 0.4) is 0 Å². The summed E-state index contributed by atoms with van der Waals surface area (Å²) in [4.78, 5) is 30.0. The molecule has 6 nitrogen and oxygen atoms in total. The topological polar surface area (TPSA) is 73.8 Å². The van der Waals surface area contributed by atoms with Gasteiger partial charge in [-0.2, -0.15) is 0 Å². The average molecular weight is 458 g/mol. The lowest BCUT2D eigenvalue weighted by Crippen LogP contribution is -2.43. The summed E-state index contributed by atoms with van der Waals surface area (Å²) in [5.74, 6) is 0.253. The van der Waals surface area contributed by atoms with Crippen molar-refractivity contribution in [2.75, 3.05) is 26.7 Å². The van der Waals surface area contributed by atoms with E-state index in [1.54, 1.807) is 31.3 Å². The Kier molecular flexibility index (Phi) is 9.48. The Bertz CT molecular complexity index is 584. The van der Waals surface area contributed by atoms with E-state index in [1.165, 1.54) is 24.2 Å². The highest BCUT2D eigenvalue weighted by Crippen LogP contribution is 2.21. The van der Waals surface area contributed by atoms with Gasteiger partial charge in [0.15, 0.2) is 5.96 Å². The Morgan fingerprint density at radius 1 is 1.00 bits per heavy atom. The van der Waals surface area contributed by atoms with Crippen molar-refractivity contribution in [3.8, 4) is 0 Å². The van der Waals surface area contributed by atoms with Gasteiger partial charge in [-0.15, -0.1) is 24.0 Å². The number of fused-ring (bicyclic) bond motifs is 1. The Morgan fingerprint density at radius 2 is 1.60 bits per heavy atom. The third kappa shape index (κ3) is 5.69. The summed E-state index contributed by atoms with van der Waals surface area (Å²) >= 11 is 0. The zero-order valence-electron chi connectivity index (χ0n) is 14.9. The molecule has 0 atom stereocenters. The number of aliphatic imine (C=N–C) groups is 1. The highest BCUT2D eigenvalue weighted by molar-refractivity contribution is 14.0. The van der Waals surface area contributed by atoms with E-state index in [-0.39, 0.29) is 35.8 Å². The first-order valence-corrected chi connectivity index (χ1v) is 8.58. The number of imide groups is 1. The number of hydrogen-bond acceptors (Lipinski definition) is 3. The summed E-state index contributed by atoms with van der Waals surface area (Å²) in [5.41, 5.74) is 0.974. The largest absolute Gasteiger partial charge is 0.356 e. The maximum atomic E-state index is 12.3. The Hall–Kier alpha value is -1.64. The number of benzene rings is 1. The van der Waals surface area contributed by atoms with Gasteiger partial charge in [0.25, 0.3) is 11.8 Å². The van der Waals surface area contributed by atoms with E-state index >= 15 is 0 Å². The molecule has 2 amide bonds. The lowest BCUT2D eigenvalue weighted by molar-refractivity contribution is 0.0657. The van der Waals surface area contributed by atoms with Gasteiger partial charge in [0, 0.05) is 26.7 Å². The molecule has 7 heteroatoms. The van der Waals surface area contributed by atoms with Gasteiger partial charge in [0.05, 0.1) is 11.1 Å². The van der Waals surface area contributed by atoms with Crippen LogP contribution in [0.25, 0.3) is 0 Å². The van der Waals surface area contributed by atoms with Crippen molar-refractivity contribution in [3.63, 3.8) is 0 Å². The van der Waals surface area contributed by atoms with Crippen LogP contribution >= 0.6 is 24.0 Å². The quantitative estimate of drug-likeness (QED) is 0.207. The van der Waals surface area contributed by atoms with Crippen molar-refractivity contribution < 1.29 is 9.59 Å². The van der Waals surface area contributed by atoms with E-state index in [0.717, 1.165) is 13.0 Å². The molecule has 0 unspecified atom stereocenters. The zero-order valence-corrected chi connectivity index (χ0v) is 17.2. The monoisotopic (exact) mass is 458 g/mol. The smallest absolute Gasteiger partial charge is 0.261 e. The molecule has 1 heterocycles. The van der Waals surface area contributed by atoms with E-state index in [2.05, 4.69) is 22.5 Å². The molecule has 0 saturated heterocycles. The minimum Gasteiger partial charge on any atom is -0.356 e. The number of guanidine groups is 1. The molecule has 0 saturated carbocycles. The molecule has 25 heavy (non-hydrogen) atoms. The second kappa shape index (κ2) is 11.1. The molecule has 1 aromatic carbocycles. The predicted molar refractivity (Wildman–Crippen MR) is 111 cm³/mol. The Balaban J connectivity index is 0.00000312. The van der Waals surface area contributed by atoms with Crippen LogP contribution in [0.5, 0.6) is 0 Å². The third-order valence-electron chi connectivity index (χ3n) is 4.05. The number of carbonyl (C=O) groups is 2. The molecule has 1 aliphatic heterocycles. The maximum absolute atomic E-state index is 12.3. The molecular formula is C18H27IN4O2. The number of amides is 2. The van der Waals surface area contributed by atoms with Crippen LogP contribution in [0.4, 0.5) is 0 Å². The molecule has 2 N–H and O–H groups in total. The van der Waals surface area contributed by atoms with Crippen molar-refractivity contribution in [1.82, 2.24) is 15.5 Å². The molecule has 0 radical (unpaired) electrons. The first-order chi connectivity index (χ1) is 11.7. The maximum Gasteiger partial charge on any atom is 0.261 e. The van der Waals surface area contributed by atoms with E-state index in [9.17, 15) is 9.59 Å². The lowest BCUT2D eigenvalue weighted by Gasteiger charge is -2.16. The van der Waals surface area contributed by atoms with Crippen LogP contribution in [0.2, 0.25) is 0 Å². The summed E-state index contributed by atoms with van der Waals surface area (Å²) < 4.78 is 0. The molecule has 0 spiro atoms. The van der Waals surface area contributed by atoms with E-state index in [0.29, 0.717) is 30.2 Å². The average Bonchev–Trinajstić information content (AvgIpc) is 2.85. The number of nitrogens with one attached hydrogen (secondary N) is 2. The highest BCUT2D eigenvalue weighted by atomic mass is 127. The number of carbonyl (C=O) groups excluding carboxylic acids is 2. The first kappa shape index (κ1) is 21.4. The van der Waals surface area contributed by atoms with Gasteiger partial charge in [0.1, 0.15) is 0 Å². The van der Waals surface area contributed by atoms with Gasteiger partial charge in [-0.05, 0) is 18.6 Å². The number of rotatable bonds is 8. The SMILES string of the molecule is CCCCCCNC(=NC)NCCN1C(=O)c2ccccc2C1=O.I. The molecule has 0 fully saturated rings. The van der Waals surface area contributed by atoms with Crippen LogP contribution in [0.1, 0.15) is 53.3 Å². The van der Waals surface area contributed by atoms with Gasteiger partial charge < -0.3 is 10.6 Å². The number of hydrogen-bond donors (Lipinski definition) is 2. The number of unbranched alkanes of at least 4 members (excludes halogenated alkanes) is 3. The zero-order chi connectivity index (χ0) is 17.4. The van der Waals surface area contributed by atoms with E-state index < -0.39 is 0 Å². The minimum absolute atomic E-state index is 0. The third-order valence-corrected chi connectivity index (χ3v) is 4.05. The lowest BCUT2D eigenvalue weighted by atomic mass is 10.1. The normalized spacial score (nSPS) is 13.5. The van der Waals surface area contributed by atoms with Gasteiger partial charge in [-0.25, -0.2) is 0 Å². The van der Waals surface area contributed by atoms with E-state index in [1.807, 2.05) is 0 Å². The fourth-order valence-electron chi connectivity index (χ4n) is 2.71. The Labute approximate surface area is 166 Å². The van der Waals surface area contributed by atoms with Crippen LogP contribution in [0.15, 0.2) is 29.3 Å². The number of halogens is 1. The summed E-state index contributed by atoms with van der Waals surface area (Å²) in [6, 6.07) is 6.94. The molecule has 0 aliphatic carbocycles. The molecule has 0 bridgehead atoms. The Morgan fingerprint density at radius 3 is 2.16 bits per heavy atom. The van der Waals surface area contributed by atoms with Crippen LogP contribution in [-0.2, 0) is 0 Å². The van der Waals surface area contributed by atoms with Crippen molar-refractivity contribution in [3.05, 3.63) is 35.4 Å². The van der Waals surface area contributed by atoms with Crippen LogP contribution in [0, 0.1) is 0 Å². The first-order valence-electron chi connectivity index (χ1n) is 8.58. The highest BCUT2D eigenvalue weighted by Gasteiger charge is 2.34. The summed E-state index contributed by atoms with van der Waals surface area (Å²) in [7, 11) is 1.71. The van der Waals surface area contributed by atoms with Crippen molar-refractivity contribution in [2.45, 2.75) is 32.6 Å². The number of nitrogens with zero attached hydrogens (tertiary/aromatic N) is 2. The van der Waals surface area contributed by atoms with Gasteiger partial charge >= 0.3 is 0 Å². The van der Waals surface area contributed by atoms with Gasteiger partial charge in [-0.1, -0.05) is 38.3 Å². The molecule has 2 rings (SSSR count). The molecular weight excluding hydrogens is 431 g/mol.